The molecule has 1 atom stereocenters. The molecule has 0 unspecified atom stereocenters. The van der Waals surface area contributed by atoms with E-state index in [2.05, 4.69) is 0 Å². The fraction of sp³-hybridized carbons (Fsp3) is 0.182. The fourth-order valence-electron chi connectivity index (χ4n) is 3.68. The Kier molecular flexibility index (Phi) is 4.77. The van der Waals surface area contributed by atoms with Gasteiger partial charge in [0.2, 0.25) is 0 Å². The summed E-state index contributed by atoms with van der Waals surface area (Å²) in [5.41, 5.74) is 1.71. The predicted octanol–water partition coefficient (Wildman–Crippen LogP) is 4.28. The molecule has 0 aliphatic carbocycles. The first-order chi connectivity index (χ1) is 13.5. The molecule has 0 radical (unpaired) electrons. The topological polar surface area (TPSA) is 42.3 Å². The Labute approximate surface area is 166 Å². The predicted molar refractivity (Wildman–Crippen MR) is 108 cm³/mol. The highest BCUT2D eigenvalue weighted by Gasteiger charge is 2.32. The van der Waals surface area contributed by atoms with Crippen LogP contribution in [0, 0.1) is 5.82 Å². The van der Waals surface area contributed by atoms with Crippen LogP contribution in [0.4, 0.5) is 10.1 Å². The Balaban J connectivity index is 1.72. The lowest BCUT2D eigenvalue weighted by Crippen LogP contribution is -2.40. The van der Waals surface area contributed by atoms with Gasteiger partial charge in [0.25, 0.3) is 11.5 Å². The molecule has 2 aromatic carbocycles. The molecule has 0 fully saturated rings. The summed E-state index contributed by atoms with van der Waals surface area (Å²) in [5, 5.41) is 0.241. The van der Waals surface area contributed by atoms with E-state index in [4.69, 9.17) is 11.6 Å². The maximum absolute atomic E-state index is 14.1. The number of rotatable bonds is 3. The second kappa shape index (κ2) is 7.24. The van der Waals surface area contributed by atoms with Crippen molar-refractivity contribution in [2.24, 2.45) is 0 Å². The Morgan fingerprint density at radius 3 is 2.71 bits per heavy atom. The lowest BCUT2D eigenvalue weighted by atomic mass is 10.1. The SMILES string of the molecule is C[C@@H]1Cc2ccccc2N1C(=O)c1cccn(Cc2c(F)cccc2Cl)c1=O. The number of pyridine rings is 1. The molecule has 1 aliphatic rings. The van der Waals surface area contributed by atoms with Crippen LogP contribution in [-0.4, -0.2) is 16.5 Å². The smallest absolute Gasteiger partial charge is 0.264 e. The number of para-hydroxylation sites is 1. The van der Waals surface area contributed by atoms with Crippen molar-refractivity contribution in [3.8, 4) is 0 Å². The number of benzene rings is 2. The highest BCUT2D eigenvalue weighted by atomic mass is 35.5. The molecule has 6 heteroatoms. The molecule has 28 heavy (non-hydrogen) atoms. The third-order valence-corrected chi connectivity index (χ3v) is 5.42. The quantitative estimate of drug-likeness (QED) is 0.663. The first-order valence-electron chi connectivity index (χ1n) is 9.01. The molecule has 4 rings (SSSR count). The molecule has 1 amide bonds. The molecule has 142 valence electrons. The second-order valence-electron chi connectivity index (χ2n) is 6.91. The van der Waals surface area contributed by atoms with Gasteiger partial charge in [-0.25, -0.2) is 4.39 Å². The van der Waals surface area contributed by atoms with Gasteiger partial charge < -0.3 is 9.47 Å². The van der Waals surface area contributed by atoms with Crippen molar-refractivity contribution in [2.75, 3.05) is 4.90 Å². The van der Waals surface area contributed by atoms with Gasteiger partial charge in [-0.3, -0.25) is 9.59 Å². The molecule has 2 heterocycles. The van der Waals surface area contributed by atoms with E-state index in [1.165, 1.54) is 29.0 Å². The van der Waals surface area contributed by atoms with Gasteiger partial charge in [-0.1, -0.05) is 35.9 Å². The van der Waals surface area contributed by atoms with Crippen LogP contribution in [0.2, 0.25) is 5.02 Å². The number of carbonyl (C=O) groups is 1. The van der Waals surface area contributed by atoms with Crippen molar-refractivity contribution in [1.82, 2.24) is 4.57 Å². The molecule has 1 aliphatic heterocycles. The van der Waals surface area contributed by atoms with Gasteiger partial charge in [-0.15, -0.1) is 0 Å². The molecule has 0 bridgehead atoms. The highest BCUT2D eigenvalue weighted by molar-refractivity contribution is 6.31. The number of hydrogen-bond donors (Lipinski definition) is 0. The number of hydrogen-bond acceptors (Lipinski definition) is 2. The largest absolute Gasteiger partial charge is 0.310 e. The van der Waals surface area contributed by atoms with Crippen LogP contribution in [-0.2, 0) is 13.0 Å². The third kappa shape index (κ3) is 3.12. The minimum absolute atomic E-state index is 0.0426. The zero-order valence-corrected chi connectivity index (χ0v) is 16.0. The summed E-state index contributed by atoms with van der Waals surface area (Å²) >= 11 is 6.08. The van der Waals surface area contributed by atoms with E-state index < -0.39 is 11.4 Å². The van der Waals surface area contributed by atoms with Gasteiger partial charge in [0.05, 0.1) is 6.54 Å². The van der Waals surface area contributed by atoms with Gasteiger partial charge in [-0.05, 0) is 49.2 Å². The summed E-state index contributed by atoms with van der Waals surface area (Å²) in [6.45, 7) is 1.91. The van der Waals surface area contributed by atoms with E-state index in [1.807, 2.05) is 31.2 Å². The second-order valence-corrected chi connectivity index (χ2v) is 7.32. The van der Waals surface area contributed by atoms with Crippen molar-refractivity contribution in [3.63, 3.8) is 0 Å². The molecular weight excluding hydrogens is 379 g/mol. The minimum Gasteiger partial charge on any atom is -0.310 e. The maximum Gasteiger partial charge on any atom is 0.264 e. The minimum atomic E-state index is -0.488. The van der Waals surface area contributed by atoms with Gasteiger partial charge in [0.15, 0.2) is 0 Å². The van der Waals surface area contributed by atoms with Crippen molar-refractivity contribution in [2.45, 2.75) is 25.9 Å². The number of nitrogens with zero attached hydrogens (tertiary/aromatic N) is 2. The normalized spacial score (nSPS) is 15.5. The van der Waals surface area contributed by atoms with Crippen molar-refractivity contribution >= 4 is 23.2 Å². The third-order valence-electron chi connectivity index (χ3n) is 5.07. The van der Waals surface area contributed by atoms with E-state index in [-0.39, 0.29) is 34.6 Å². The maximum atomic E-state index is 14.1. The molecule has 4 nitrogen and oxygen atoms in total. The lowest BCUT2D eigenvalue weighted by molar-refractivity contribution is 0.0979. The zero-order valence-electron chi connectivity index (χ0n) is 15.2. The summed E-state index contributed by atoms with van der Waals surface area (Å²) in [5.74, 6) is -0.838. The van der Waals surface area contributed by atoms with Crippen LogP contribution < -0.4 is 10.5 Å². The summed E-state index contributed by atoms with van der Waals surface area (Å²) in [7, 11) is 0. The van der Waals surface area contributed by atoms with E-state index in [0.29, 0.717) is 0 Å². The van der Waals surface area contributed by atoms with Gasteiger partial charge in [0.1, 0.15) is 11.4 Å². The molecule has 1 aromatic heterocycles. The number of aromatic nitrogens is 1. The fourth-order valence-corrected chi connectivity index (χ4v) is 3.91. The number of halogens is 2. The summed E-state index contributed by atoms with van der Waals surface area (Å²) in [6, 6.07) is 15.2. The molecule has 0 saturated heterocycles. The standard InChI is InChI=1S/C22H18ClFN2O2/c1-14-12-15-6-2-3-10-20(15)26(14)22(28)16-7-5-11-25(21(16)27)13-17-18(23)8-4-9-19(17)24/h2-11,14H,12-13H2,1H3/t14-/m1/s1. The van der Waals surface area contributed by atoms with E-state index in [0.717, 1.165) is 17.7 Å². The lowest BCUT2D eigenvalue weighted by Gasteiger charge is -2.22. The molecule has 0 spiro atoms. The van der Waals surface area contributed by atoms with Crippen molar-refractivity contribution in [3.05, 3.63) is 98.7 Å². The van der Waals surface area contributed by atoms with Gasteiger partial charge in [-0.2, -0.15) is 0 Å². The van der Waals surface area contributed by atoms with E-state index in [1.54, 1.807) is 17.0 Å². The van der Waals surface area contributed by atoms with E-state index >= 15 is 0 Å². The Bertz CT molecular complexity index is 1110. The zero-order chi connectivity index (χ0) is 19.8. The average molecular weight is 397 g/mol. The van der Waals surface area contributed by atoms with E-state index in [9.17, 15) is 14.0 Å². The molecular formula is C22H18ClFN2O2. The Hall–Kier alpha value is -2.92. The number of amides is 1. The summed E-state index contributed by atoms with van der Waals surface area (Å²) < 4.78 is 15.4. The number of carbonyl (C=O) groups excluding carboxylic acids is 1. The molecule has 0 saturated carbocycles. The van der Waals surface area contributed by atoms with Crippen molar-refractivity contribution < 1.29 is 9.18 Å². The molecule has 3 aromatic rings. The molecule has 0 N–H and O–H groups in total. The number of fused-ring (bicyclic) bond motifs is 1. The number of anilines is 1. The Morgan fingerprint density at radius 2 is 1.93 bits per heavy atom. The van der Waals surface area contributed by atoms with Crippen LogP contribution >= 0.6 is 11.6 Å². The van der Waals surface area contributed by atoms with Gasteiger partial charge in [0, 0.05) is 28.5 Å². The summed E-state index contributed by atoms with van der Waals surface area (Å²) in [6.07, 6.45) is 2.27. The average Bonchev–Trinajstić information content (AvgIpc) is 3.01. The van der Waals surface area contributed by atoms with Crippen LogP contribution in [0.5, 0.6) is 0 Å². The monoisotopic (exact) mass is 396 g/mol. The van der Waals surface area contributed by atoms with Gasteiger partial charge >= 0.3 is 0 Å². The van der Waals surface area contributed by atoms with Crippen LogP contribution in [0.3, 0.4) is 0 Å². The first-order valence-corrected chi connectivity index (χ1v) is 9.39. The Morgan fingerprint density at radius 1 is 1.14 bits per heavy atom. The summed E-state index contributed by atoms with van der Waals surface area (Å²) in [4.78, 5) is 27.8. The van der Waals surface area contributed by atoms with Crippen LogP contribution in [0.15, 0.2) is 65.6 Å². The first kappa shape index (κ1) is 18.4. The van der Waals surface area contributed by atoms with Crippen LogP contribution in [0.25, 0.3) is 0 Å². The van der Waals surface area contributed by atoms with Crippen molar-refractivity contribution in [1.29, 1.82) is 0 Å². The van der Waals surface area contributed by atoms with Crippen LogP contribution in [0.1, 0.15) is 28.4 Å². The highest BCUT2D eigenvalue weighted by Crippen LogP contribution is 2.32.